The summed E-state index contributed by atoms with van der Waals surface area (Å²) in [6.45, 7) is 4.75. The lowest BCUT2D eigenvalue weighted by Gasteiger charge is -2.45. The van der Waals surface area contributed by atoms with E-state index in [0.717, 1.165) is 22.7 Å². The van der Waals surface area contributed by atoms with Gasteiger partial charge in [0, 0.05) is 28.0 Å². The van der Waals surface area contributed by atoms with Crippen molar-refractivity contribution in [3.8, 4) is 44.5 Å². The molecule has 0 atom stereocenters. The van der Waals surface area contributed by atoms with Crippen molar-refractivity contribution in [3.05, 3.63) is 276 Å². The van der Waals surface area contributed by atoms with Crippen LogP contribution in [0.2, 0.25) is 0 Å². The summed E-state index contributed by atoms with van der Waals surface area (Å²) in [7, 11) is 0. The lowest BCUT2D eigenvalue weighted by Crippen LogP contribution is -2.36. The number of fused-ring (bicyclic) bond motifs is 12. The highest BCUT2D eigenvalue weighted by Gasteiger charge is 2.52. The highest BCUT2D eigenvalue weighted by atomic mass is 15.2. The Balaban J connectivity index is 1.06. The molecule has 0 radical (unpaired) electrons. The zero-order valence-electron chi connectivity index (χ0n) is 37.0. The summed E-state index contributed by atoms with van der Waals surface area (Å²) in [6.07, 6.45) is 0. The van der Waals surface area contributed by atoms with Crippen LogP contribution in [0.4, 0.5) is 34.1 Å². The van der Waals surface area contributed by atoms with Gasteiger partial charge in [-0.1, -0.05) is 202 Å². The fourth-order valence-corrected chi connectivity index (χ4v) is 11.7. The Morgan fingerprint density at radius 3 is 1.41 bits per heavy atom. The summed E-state index contributed by atoms with van der Waals surface area (Å²) < 4.78 is 0. The molecule has 0 bridgehead atoms. The number of para-hydroxylation sites is 4. The predicted octanol–water partition coefficient (Wildman–Crippen LogP) is 16.9. The molecule has 1 heterocycles. The molecule has 0 fully saturated rings. The van der Waals surface area contributed by atoms with E-state index in [1.165, 1.54) is 89.3 Å². The second-order valence-corrected chi connectivity index (χ2v) is 18.4. The fourth-order valence-electron chi connectivity index (χ4n) is 11.7. The summed E-state index contributed by atoms with van der Waals surface area (Å²) in [5.74, 6) is 0. The van der Waals surface area contributed by atoms with Crippen LogP contribution in [0.15, 0.2) is 243 Å². The summed E-state index contributed by atoms with van der Waals surface area (Å²) in [4.78, 5) is 4.98. The third kappa shape index (κ3) is 5.48. The van der Waals surface area contributed by atoms with Gasteiger partial charge in [0.1, 0.15) is 0 Å². The first kappa shape index (κ1) is 38.3. The van der Waals surface area contributed by atoms with Crippen molar-refractivity contribution >= 4 is 34.1 Å². The van der Waals surface area contributed by atoms with Gasteiger partial charge in [-0.25, -0.2) is 0 Å². The number of rotatable bonds is 6. The lowest BCUT2D eigenvalue weighted by atomic mass is 9.64. The lowest BCUT2D eigenvalue weighted by molar-refractivity contribution is 0.660. The van der Waals surface area contributed by atoms with Gasteiger partial charge in [-0.3, -0.25) is 0 Å². The van der Waals surface area contributed by atoms with Crippen molar-refractivity contribution < 1.29 is 0 Å². The van der Waals surface area contributed by atoms with Crippen LogP contribution in [-0.4, -0.2) is 0 Å². The summed E-state index contributed by atoms with van der Waals surface area (Å²) in [5, 5.41) is 0. The molecule has 13 rings (SSSR count). The SMILES string of the molecule is CC1(C)c2ccccc2-c2ccc(N(c3ccc4c(c3)C3(c5ccccc5-4)c4ccccc4N(c4ccccc4)c4ccccc43)c3ccccc3-c3ccc(-c4ccccc4)cc3)cc21. The molecular weight excluding hydrogens is 797 g/mol. The van der Waals surface area contributed by atoms with Crippen LogP contribution in [0.1, 0.15) is 47.2 Å². The molecule has 0 N–H and O–H groups in total. The van der Waals surface area contributed by atoms with Crippen molar-refractivity contribution in [3.63, 3.8) is 0 Å². The van der Waals surface area contributed by atoms with Crippen LogP contribution < -0.4 is 9.80 Å². The first-order valence-electron chi connectivity index (χ1n) is 23.1. The molecule has 0 saturated heterocycles. The minimum atomic E-state index is -0.583. The van der Waals surface area contributed by atoms with E-state index >= 15 is 0 Å². The molecule has 0 unspecified atom stereocenters. The molecule has 66 heavy (non-hydrogen) atoms. The number of benzene rings is 10. The molecule has 10 aromatic rings. The molecule has 2 nitrogen and oxygen atoms in total. The van der Waals surface area contributed by atoms with E-state index < -0.39 is 5.41 Å². The van der Waals surface area contributed by atoms with Crippen LogP contribution in [0.25, 0.3) is 44.5 Å². The standard InChI is InChI=1S/C64H46N2/c1-63(2)54-26-12-9-24-50(54)52-39-37-47(41-58(52)63)65(60-30-16-11-23-49(60)45-35-33-44(34-36-45)43-19-5-3-6-20-43)48-38-40-53-51-25-10-13-27-55(51)64(59(53)42-48)56-28-14-17-31-61(56)66(46-21-7-4-8-22-46)62-32-18-15-29-57(62)64/h3-42H,1-2H3. The highest BCUT2D eigenvalue weighted by Crippen LogP contribution is 2.64. The minimum Gasteiger partial charge on any atom is -0.310 e. The van der Waals surface area contributed by atoms with Gasteiger partial charge in [-0.05, 0) is 127 Å². The number of anilines is 6. The van der Waals surface area contributed by atoms with E-state index in [0.29, 0.717) is 0 Å². The average molecular weight is 843 g/mol. The molecule has 312 valence electrons. The van der Waals surface area contributed by atoms with E-state index in [1.54, 1.807) is 0 Å². The summed E-state index contributed by atoms with van der Waals surface area (Å²) >= 11 is 0. The maximum absolute atomic E-state index is 2.52. The zero-order valence-corrected chi connectivity index (χ0v) is 37.0. The van der Waals surface area contributed by atoms with Crippen molar-refractivity contribution in [2.75, 3.05) is 9.80 Å². The maximum Gasteiger partial charge on any atom is 0.0755 e. The van der Waals surface area contributed by atoms with E-state index in [2.05, 4.69) is 266 Å². The van der Waals surface area contributed by atoms with Gasteiger partial charge in [0.15, 0.2) is 0 Å². The average Bonchev–Trinajstić information content (AvgIpc) is 3.79. The molecule has 3 aliphatic rings. The van der Waals surface area contributed by atoms with Crippen molar-refractivity contribution in [2.24, 2.45) is 0 Å². The van der Waals surface area contributed by atoms with Gasteiger partial charge in [-0.2, -0.15) is 0 Å². The van der Waals surface area contributed by atoms with Crippen LogP contribution >= 0.6 is 0 Å². The Hall–Kier alpha value is -8.20. The third-order valence-corrected chi connectivity index (χ3v) is 14.7. The number of nitrogens with zero attached hydrogens (tertiary/aromatic N) is 2. The monoisotopic (exact) mass is 842 g/mol. The first-order chi connectivity index (χ1) is 32.5. The van der Waals surface area contributed by atoms with Gasteiger partial charge in [0.2, 0.25) is 0 Å². The zero-order chi connectivity index (χ0) is 44.0. The Morgan fingerprint density at radius 2 is 0.758 bits per heavy atom. The molecule has 1 spiro atoms. The molecule has 0 saturated carbocycles. The van der Waals surface area contributed by atoms with Crippen molar-refractivity contribution in [2.45, 2.75) is 24.7 Å². The van der Waals surface area contributed by atoms with Crippen LogP contribution in [0, 0.1) is 0 Å². The normalized spacial score (nSPS) is 14.1. The Morgan fingerprint density at radius 1 is 0.318 bits per heavy atom. The second-order valence-electron chi connectivity index (χ2n) is 18.4. The van der Waals surface area contributed by atoms with E-state index in [1.807, 2.05) is 0 Å². The Labute approximate surface area is 387 Å². The molecule has 2 heteroatoms. The fraction of sp³-hybridized carbons (Fsp3) is 0.0625. The van der Waals surface area contributed by atoms with Gasteiger partial charge in [0.05, 0.1) is 22.5 Å². The summed E-state index contributed by atoms with van der Waals surface area (Å²) in [6, 6.07) is 90.1. The quantitative estimate of drug-likeness (QED) is 0.165. The minimum absolute atomic E-state index is 0.163. The predicted molar refractivity (Wildman–Crippen MR) is 275 cm³/mol. The van der Waals surface area contributed by atoms with Crippen molar-refractivity contribution in [1.82, 2.24) is 0 Å². The maximum atomic E-state index is 2.52. The third-order valence-electron chi connectivity index (χ3n) is 14.7. The van der Waals surface area contributed by atoms with Crippen LogP contribution in [0.5, 0.6) is 0 Å². The molecule has 2 aliphatic carbocycles. The van der Waals surface area contributed by atoms with Gasteiger partial charge in [0.25, 0.3) is 0 Å². The molecule has 0 amide bonds. The van der Waals surface area contributed by atoms with Crippen LogP contribution in [0.3, 0.4) is 0 Å². The molecular formula is C64H46N2. The molecule has 1 aliphatic heterocycles. The second kappa shape index (κ2) is 14.7. The smallest absolute Gasteiger partial charge is 0.0755 e. The topological polar surface area (TPSA) is 6.48 Å². The van der Waals surface area contributed by atoms with Crippen LogP contribution in [-0.2, 0) is 10.8 Å². The molecule has 10 aromatic carbocycles. The van der Waals surface area contributed by atoms with Gasteiger partial charge >= 0.3 is 0 Å². The largest absolute Gasteiger partial charge is 0.310 e. The van der Waals surface area contributed by atoms with Gasteiger partial charge < -0.3 is 9.80 Å². The van der Waals surface area contributed by atoms with E-state index in [9.17, 15) is 0 Å². The van der Waals surface area contributed by atoms with Gasteiger partial charge in [-0.15, -0.1) is 0 Å². The molecule has 0 aromatic heterocycles. The number of hydrogen-bond acceptors (Lipinski definition) is 2. The van der Waals surface area contributed by atoms with E-state index in [-0.39, 0.29) is 5.41 Å². The highest BCUT2D eigenvalue weighted by molar-refractivity contribution is 5.98. The van der Waals surface area contributed by atoms with Crippen molar-refractivity contribution in [1.29, 1.82) is 0 Å². The first-order valence-corrected chi connectivity index (χ1v) is 23.1. The Kier molecular flexibility index (Phi) is 8.51. The number of hydrogen-bond donors (Lipinski definition) is 0. The summed E-state index contributed by atoms with van der Waals surface area (Å²) in [5.41, 5.74) is 24.0. The Bertz CT molecular complexity index is 3460. The van der Waals surface area contributed by atoms with E-state index in [4.69, 9.17) is 0 Å².